The van der Waals surface area contributed by atoms with Crippen molar-refractivity contribution in [3.8, 4) is 5.75 Å². The molecule has 0 heterocycles. The third-order valence-electron chi connectivity index (χ3n) is 5.50. The third-order valence-corrected chi connectivity index (χ3v) is 5.50. The second kappa shape index (κ2) is 9.57. The van der Waals surface area contributed by atoms with Gasteiger partial charge in [0.2, 0.25) is 0 Å². The lowest BCUT2D eigenvalue weighted by Crippen LogP contribution is -2.25. The molecule has 0 aliphatic carbocycles. The first-order valence-electron chi connectivity index (χ1n) is 10.1. The van der Waals surface area contributed by atoms with Crippen LogP contribution in [0.15, 0.2) is 84.9 Å². The van der Waals surface area contributed by atoms with Gasteiger partial charge in [-0.05, 0) is 49.4 Å². The molecular weight excluding hydrogens is 344 g/mol. The molecule has 0 amide bonds. The van der Waals surface area contributed by atoms with Crippen LogP contribution in [0.3, 0.4) is 0 Å². The standard InChI is InChI=1S/C26H30O2/c1-21-15-17-25(18-16-21)28-20-24(27)14-9-19-26(2,22-10-5-3-6-11-22)23-12-7-4-8-13-23/h3-8,10-13,15-18,24,27H,9,14,19-20H2,1-2H3. The second-order valence-electron chi connectivity index (χ2n) is 7.73. The van der Waals surface area contributed by atoms with Gasteiger partial charge in [-0.25, -0.2) is 0 Å². The van der Waals surface area contributed by atoms with E-state index in [1.807, 2.05) is 24.3 Å². The van der Waals surface area contributed by atoms with Gasteiger partial charge in [0.15, 0.2) is 0 Å². The van der Waals surface area contributed by atoms with Gasteiger partial charge >= 0.3 is 0 Å². The highest BCUT2D eigenvalue weighted by Crippen LogP contribution is 2.36. The van der Waals surface area contributed by atoms with Crippen LogP contribution in [0.5, 0.6) is 5.75 Å². The number of aliphatic hydroxyl groups is 1. The van der Waals surface area contributed by atoms with Crippen LogP contribution in [0.4, 0.5) is 0 Å². The second-order valence-corrected chi connectivity index (χ2v) is 7.73. The average molecular weight is 375 g/mol. The van der Waals surface area contributed by atoms with Crippen molar-refractivity contribution in [1.82, 2.24) is 0 Å². The van der Waals surface area contributed by atoms with Gasteiger partial charge < -0.3 is 9.84 Å². The molecule has 3 aromatic carbocycles. The predicted molar refractivity (Wildman–Crippen MR) is 116 cm³/mol. The number of benzene rings is 3. The number of hydrogen-bond donors (Lipinski definition) is 1. The third kappa shape index (κ3) is 5.24. The maximum atomic E-state index is 10.4. The molecule has 2 heteroatoms. The van der Waals surface area contributed by atoms with E-state index in [1.54, 1.807) is 0 Å². The average Bonchev–Trinajstić information content (AvgIpc) is 2.74. The summed E-state index contributed by atoms with van der Waals surface area (Å²) < 4.78 is 5.72. The normalized spacial score (nSPS) is 12.5. The van der Waals surface area contributed by atoms with Crippen molar-refractivity contribution in [1.29, 1.82) is 0 Å². The number of aliphatic hydroxyl groups excluding tert-OH is 1. The molecule has 28 heavy (non-hydrogen) atoms. The van der Waals surface area contributed by atoms with Gasteiger partial charge in [0.1, 0.15) is 12.4 Å². The topological polar surface area (TPSA) is 29.5 Å². The minimum Gasteiger partial charge on any atom is -0.491 e. The summed E-state index contributed by atoms with van der Waals surface area (Å²) >= 11 is 0. The Morgan fingerprint density at radius 3 is 1.89 bits per heavy atom. The fraction of sp³-hybridized carbons (Fsp3) is 0.308. The summed E-state index contributed by atoms with van der Waals surface area (Å²) in [4.78, 5) is 0. The van der Waals surface area contributed by atoms with E-state index >= 15 is 0 Å². The van der Waals surface area contributed by atoms with E-state index in [0.29, 0.717) is 6.61 Å². The summed E-state index contributed by atoms with van der Waals surface area (Å²) in [6.07, 6.45) is 2.17. The monoisotopic (exact) mass is 374 g/mol. The molecule has 0 bridgehead atoms. The smallest absolute Gasteiger partial charge is 0.119 e. The Hall–Kier alpha value is -2.58. The number of aryl methyl sites for hydroxylation is 1. The highest BCUT2D eigenvalue weighted by Gasteiger charge is 2.28. The van der Waals surface area contributed by atoms with Crippen LogP contribution < -0.4 is 4.74 Å². The SMILES string of the molecule is Cc1ccc(OCC(O)CCCC(C)(c2ccccc2)c2ccccc2)cc1. The van der Waals surface area contributed by atoms with Gasteiger partial charge in [0, 0.05) is 5.41 Å². The van der Waals surface area contributed by atoms with Crippen molar-refractivity contribution in [2.24, 2.45) is 0 Å². The fourth-order valence-electron chi connectivity index (χ4n) is 3.67. The molecule has 1 atom stereocenters. The van der Waals surface area contributed by atoms with E-state index in [2.05, 4.69) is 74.5 Å². The minimum absolute atomic E-state index is 0.0694. The molecule has 3 aromatic rings. The van der Waals surface area contributed by atoms with Crippen LogP contribution in [0, 0.1) is 6.92 Å². The van der Waals surface area contributed by atoms with Crippen molar-refractivity contribution in [2.75, 3.05) is 6.61 Å². The van der Waals surface area contributed by atoms with Gasteiger partial charge in [0.05, 0.1) is 6.10 Å². The van der Waals surface area contributed by atoms with Crippen LogP contribution >= 0.6 is 0 Å². The molecular formula is C26H30O2. The van der Waals surface area contributed by atoms with E-state index in [9.17, 15) is 5.11 Å². The molecule has 2 nitrogen and oxygen atoms in total. The maximum absolute atomic E-state index is 10.4. The highest BCUT2D eigenvalue weighted by atomic mass is 16.5. The quantitative estimate of drug-likeness (QED) is 0.504. The number of rotatable bonds is 9. The number of hydrogen-bond acceptors (Lipinski definition) is 2. The van der Waals surface area contributed by atoms with E-state index in [1.165, 1.54) is 16.7 Å². The molecule has 0 spiro atoms. The van der Waals surface area contributed by atoms with Gasteiger partial charge in [-0.1, -0.05) is 85.3 Å². The van der Waals surface area contributed by atoms with Crippen molar-refractivity contribution >= 4 is 0 Å². The largest absolute Gasteiger partial charge is 0.491 e. The van der Waals surface area contributed by atoms with E-state index in [4.69, 9.17) is 4.74 Å². The summed E-state index contributed by atoms with van der Waals surface area (Å²) in [5, 5.41) is 10.4. The van der Waals surface area contributed by atoms with Gasteiger partial charge in [0.25, 0.3) is 0 Å². The summed E-state index contributed by atoms with van der Waals surface area (Å²) in [6, 6.07) is 29.2. The zero-order chi connectivity index (χ0) is 19.8. The van der Waals surface area contributed by atoms with E-state index in [-0.39, 0.29) is 5.41 Å². The minimum atomic E-state index is -0.461. The molecule has 0 aliphatic rings. The molecule has 1 N–H and O–H groups in total. The Bertz CT molecular complexity index is 786. The Kier molecular flexibility index (Phi) is 6.89. The molecule has 0 radical (unpaired) electrons. The molecule has 0 aliphatic heterocycles. The van der Waals surface area contributed by atoms with Crippen LogP contribution in [-0.2, 0) is 5.41 Å². The van der Waals surface area contributed by atoms with E-state index < -0.39 is 6.10 Å². The lowest BCUT2D eigenvalue weighted by molar-refractivity contribution is 0.0964. The summed E-state index contributed by atoms with van der Waals surface area (Å²) in [7, 11) is 0. The van der Waals surface area contributed by atoms with Gasteiger partial charge in [-0.3, -0.25) is 0 Å². The van der Waals surface area contributed by atoms with Crippen LogP contribution in [0.1, 0.15) is 42.9 Å². The lowest BCUT2D eigenvalue weighted by Gasteiger charge is -2.31. The van der Waals surface area contributed by atoms with Crippen LogP contribution in [-0.4, -0.2) is 17.8 Å². The fourth-order valence-corrected chi connectivity index (χ4v) is 3.67. The molecule has 1 unspecified atom stereocenters. The van der Waals surface area contributed by atoms with Crippen molar-refractivity contribution in [3.05, 3.63) is 102 Å². The Morgan fingerprint density at radius 2 is 1.36 bits per heavy atom. The van der Waals surface area contributed by atoms with Crippen molar-refractivity contribution in [2.45, 2.75) is 44.6 Å². The molecule has 0 aromatic heterocycles. The van der Waals surface area contributed by atoms with Gasteiger partial charge in [-0.15, -0.1) is 0 Å². The molecule has 0 saturated carbocycles. The molecule has 0 saturated heterocycles. The molecule has 0 fully saturated rings. The zero-order valence-electron chi connectivity index (χ0n) is 16.8. The van der Waals surface area contributed by atoms with Crippen LogP contribution in [0.2, 0.25) is 0 Å². The summed E-state index contributed by atoms with van der Waals surface area (Å²) in [5.41, 5.74) is 3.76. The van der Waals surface area contributed by atoms with Crippen molar-refractivity contribution < 1.29 is 9.84 Å². The Morgan fingerprint density at radius 1 is 0.821 bits per heavy atom. The lowest BCUT2D eigenvalue weighted by atomic mass is 9.72. The Labute approximate surface area is 168 Å². The summed E-state index contributed by atoms with van der Waals surface area (Å²) in [5.74, 6) is 0.808. The van der Waals surface area contributed by atoms with Crippen molar-refractivity contribution in [3.63, 3.8) is 0 Å². The van der Waals surface area contributed by atoms with E-state index in [0.717, 1.165) is 25.0 Å². The summed E-state index contributed by atoms with van der Waals surface area (Å²) in [6.45, 7) is 4.68. The first-order chi connectivity index (χ1) is 13.6. The number of ether oxygens (including phenoxy) is 1. The maximum Gasteiger partial charge on any atom is 0.119 e. The Balaban J connectivity index is 1.59. The molecule has 3 rings (SSSR count). The van der Waals surface area contributed by atoms with Crippen LogP contribution in [0.25, 0.3) is 0 Å². The zero-order valence-corrected chi connectivity index (χ0v) is 16.8. The first-order valence-corrected chi connectivity index (χ1v) is 10.1. The predicted octanol–water partition coefficient (Wildman–Crippen LogP) is 5.91. The first kappa shape index (κ1) is 20.2. The highest BCUT2D eigenvalue weighted by molar-refractivity contribution is 5.38. The molecule has 146 valence electrons. The van der Waals surface area contributed by atoms with Gasteiger partial charge in [-0.2, -0.15) is 0 Å².